The molecular weight excluding hydrogens is 722 g/mol. The predicted molar refractivity (Wildman–Crippen MR) is 193 cm³/mol. The number of carbonyl (C=O) groups excluding carboxylic acids is 2. The van der Waals surface area contributed by atoms with Gasteiger partial charge in [0.25, 0.3) is 0 Å². The van der Waals surface area contributed by atoms with Gasteiger partial charge < -0.3 is 14.7 Å². The number of hydrogen-bond donors (Lipinski definition) is 1. The molecule has 10 nitrogen and oxygen atoms in total. The zero-order chi connectivity index (χ0) is 35.2. The van der Waals surface area contributed by atoms with Gasteiger partial charge in [-0.25, -0.2) is 14.1 Å². The van der Waals surface area contributed by atoms with E-state index in [0.717, 1.165) is 54.2 Å². The zero-order valence-corrected chi connectivity index (χ0v) is 31.3. The normalized spacial score (nSPS) is 17.6. The summed E-state index contributed by atoms with van der Waals surface area (Å²) in [6.07, 6.45) is 5.98. The van der Waals surface area contributed by atoms with Crippen molar-refractivity contribution in [1.82, 2.24) is 9.36 Å². The summed E-state index contributed by atoms with van der Waals surface area (Å²) < 4.78 is 22.3. The van der Waals surface area contributed by atoms with Crippen LogP contribution in [0.15, 0.2) is 54.9 Å². The fraction of sp³-hybridized carbons (Fsp3) is 0.531. The van der Waals surface area contributed by atoms with Crippen LogP contribution in [0.4, 0.5) is 10.1 Å². The monoisotopic (exact) mass is 762 g/mol. The molecule has 0 amide bonds. The number of thioether (sulfide) groups is 2. The Morgan fingerprint density at radius 3 is 2.60 bits per heavy atom. The Kier molecular flexibility index (Phi) is 16.8. The molecule has 1 aromatic carbocycles. The van der Waals surface area contributed by atoms with E-state index in [9.17, 15) is 23.9 Å². The number of esters is 1. The molecule has 0 radical (unpaired) electrons. The highest BCUT2D eigenvalue weighted by molar-refractivity contribution is 8.00. The third-order valence-electron chi connectivity index (χ3n) is 7.38. The molecule has 2 heterocycles. The third-order valence-corrected chi connectivity index (χ3v) is 11.0. The molecule has 0 spiro atoms. The van der Waals surface area contributed by atoms with E-state index in [4.69, 9.17) is 28.0 Å². The van der Waals surface area contributed by atoms with Gasteiger partial charge in [0.15, 0.2) is 5.78 Å². The van der Waals surface area contributed by atoms with Crippen molar-refractivity contribution < 1.29 is 28.7 Å². The lowest BCUT2D eigenvalue weighted by atomic mass is 9.82. The Bertz CT molecular complexity index is 1650. The summed E-state index contributed by atoms with van der Waals surface area (Å²) in [7, 11) is 1.30. The number of nitrogens with zero attached hydrogens (tertiary/aromatic N) is 4. The molecular formula is C32H41Cl2FN4O6S3. The molecule has 1 aliphatic heterocycles. The number of carbonyl (C=O) groups is 2. The number of rotatable bonds is 13. The number of methoxy groups -OCH3 is 1. The molecule has 1 aromatic heterocycles. The van der Waals surface area contributed by atoms with Gasteiger partial charge >= 0.3 is 10.8 Å². The van der Waals surface area contributed by atoms with Gasteiger partial charge in [-0.2, -0.15) is 11.8 Å². The first-order valence-electron chi connectivity index (χ1n) is 15.6. The van der Waals surface area contributed by atoms with Gasteiger partial charge in [0.1, 0.15) is 23.9 Å². The zero-order valence-electron chi connectivity index (χ0n) is 27.4. The lowest BCUT2D eigenvalue weighted by Crippen LogP contribution is -2.31. The molecule has 1 aliphatic carbocycles. The number of aliphatic hydroxyl groups is 1. The molecule has 0 saturated heterocycles. The number of ketones is 1. The van der Waals surface area contributed by atoms with Crippen LogP contribution in [0, 0.1) is 11.7 Å². The van der Waals surface area contributed by atoms with Crippen molar-refractivity contribution in [3.8, 4) is 0 Å². The number of hydrogen-bond acceptors (Lipinski definition) is 11. The predicted octanol–water partition coefficient (Wildman–Crippen LogP) is 7.64. The maximum atomic E-state index is 14.3. The van der Waals surface area contributed by atoms with Crippen LogP contribution in [0.2, 0.25) is 5.02 Å². The van der Waals surface area contributed by atoms with Crippen LogP contribution in [-0.4, -0.2) is 62.4 Å². The molecule has 2 unspecified atom stereocenters. The van der Waals surface area contributed by atoms with E-state index in [1.165, 1.54) is 18.7 Å². The van der Waals surface area contributed by atoms with E-state index in [1.807, 2.05) is 18.7 Å². The third kappa shape index (κ3) is 11.5. The fourth-order valence-electron chi connectivity index (χ4n) is 5.20. The Morgan fingerprint density at radius 1 is 1.23 bits per heavy atom. The van der Waals surface area contributed by atoms with Gasteiger partial charge in [0, 0.05) is 41.6 Å². The molecule has 0 fully saturated rings. The largest absolute Gasteiger partial charge is 0.511 e. The highest BCUT2D eigenvalue weighted by atomic mass is 35.5. The minimum absolute atomic E-state index is 0.0375. The molecule has 1 N–H and O–H groups in total. The van der Waals surface area contributed by atoms with E-state index in [-0.39, 0.29) is 45.4 Å². The summed E-state index contributed by atoms with van der Waals surface area (Å²) in [5.41, 5.74) is 2.28. The maximum Gasteiger partial charge on any atom is 0.325 e. The topological polar surface area (TPSA) is 124 Å². The first kappa shape index (κ1) is 39.9. The maximum absolute atomic E-state index is 14.3. The second-order valence-corrected chi connectivity index (χ2v) is 15.2. The lowest BCUT2D eigenvalue weighted by Gasteiger charge is -2.25. The average Bonchev–Trinajstić information content (AvgIpc) is 3.37. The Balaban J connectivity index is 0.000000262. The van der Waals surface area contributed by atoms with Crippen molar-refractivity contribution in [3.63, 3.8) is 0 Å². The van der Waals surface area contributed by atoms with Crippen LogP contribution < -0.4 is 9.67 Å². The van der Waals surface area contributed by atoms with Crippen molar-refractivity contribution in [2.24, 2.45) is 16.1 Å². The smallest absolute Gasteiger partial charge is 0.325 e. The molecule has 2 aromatic rings. The van der Waals surface area contributed by atoms with Gasteiger partial charge in [-0.3, -0.25) is 19.1 Å². The SMILES string of the molecule is CCSC(C)CC1CC(=O)C(/C(CC)=N/OC/C=C/Cl)=C(O)C1.COC(=O)CSc1cc(/N=c2\sc(=O)n3n2CCCC3)c(F)cc1Cl. The van der Waals surface area contributed by atoms with E-state index in [0.29, 0.717) is 58.6 Å². The molecule has 0 bridgehead atoms. The average molecular weight is 764 g/mol. The van der Waals surface area contributed by atoms with Crippen molar-refractivity contribution in [2.75, 3.05) is 25.2 Å². The summed E-state index contributed by atoms with van der Waals surface area (Å²) in [6, 6.07) is 2.64. The summed E-state index contributed by atoms with van der Waals surface area (Å²) in [6.45, 7) is 7.76. The number of allylic oxidation sites excluding steroid dienone is 2. The van der Waals surface area contributed by atoms with E-state index in [1.54, 1.807) is 15.4 Å². The van der Waals surface area contributed by atoms with Crippen LogP contribution in [-0.2, 0) is 32.3 Å². The summed E-state index contributed by atoms with van der Waals surface area (Å²) in [4.78, 5) is 46.1. The Morgan fingerprint density at radius 2 is 1.96 bits per heavy atom. The minimum atomic E-state index is -0.580. The van der Waals surface area contributed by atoms with Crippen LogP contribution in [0.3, 0.4) is 0 Å². The number of benzene rings is 1. The molecule has 2 atom stereocenters. The van der Waals surface area contributed by atoms with Gasteiger partial charge in [-0.15, -0.1) is 11.8 Å². The van der Waals surface area contributed by atoms with Gasteiger partial charge in [-0.1, -0.05) is 49.1 Å². The van der Waals surface area contributed by atoms with Crippen molar-refractivity contribution in [3.05, 3.63) is 60.4 Å². The number of aromatic nitrogens is 2. The van der Waals surface area contributed by atoms with E-state index < -0.39 is 11.8 Å². The second-order valence-electron chi connectivity index (χ2n) is 10.9. The number of Topliss-reactive ketones (excluding diaryl/α,β-unsaturated/α-hetero) is 1. The van der Waals surface area contributed by atoms with Crippen molar-refractivity contribution >= 4 is 81.2 Å². The van der Waals surface area contributed by atoms with Crippen LogP contribution >= 0.6 is 58.1 Å². The fourth-order valence-corrected chi connectivity index (χ4v) is 8.24. The lowest BCUT2D eigenvalue weighted by molar-refractivity contribution is -0.137. The highest BCUT2D eigenvalue weighted by Crippen LogP contribution is 2.34. The molecule has 264 valence electrons. The molecule has 16 heteroatoms. The van der Waals surface area contributed by atoms with Gasteiger partial charge in [0.05, 0.1) is 29.2 Å². The molecule has 2 aliphatic rings. The van der Waals surface area contributed by atoms with Crippen LogP contribution in [0.1, 0.15) is 59.3 Å². The molecule has 4 rings (SSSR count). The number of oxime groups is 1. The number of ether oxygens (including phenoxy) is 1. The van der Waals surface area contributed by atoms with E-state index in [2.05, 4.69) is 28.7 Å². The Hall–Kier alpha value is -2.52. The second kappa shape index (κ2) is 20.2. The minimum Gasteiger partial charge on any atom is -0.511 e. The van der Waals surface area contributed by atoms with Crippen LogP contribution in [0.25, 0.3) is 0 Å². The van der Waals surface area contributed by atoms with Gasteiger partial charge in [-0.05, 0) is 66.9 Å². The molecule has 0 saturated carbocycles. The number of halogens is 3. The summed E-state index contributed by atoms with van der Waals surface area (Å²) in [5.74, 6) is 0.461. The van der Waals surface area contributed by atoms with Gasteiger partial charge in [0.2, 0.25) is 4.80 Å². The number of fused-ring (bicyclic) bond motifs is 1. The van der Waals surface area contributed by atoms with Crippen molar-refractivity contribution in [1.29, 1.82) is 0 Å². The first-order chi connectivity index (χ1) is 23.0. The molecule has 48 heavy (non-hydrogen) atoms. The summed E-state index contributed by atoms with van der Waals surface area (Å²) >= 11 is 15.5. The van der Waals surface area contributed by atoms with Crippen molar-refractivity contribution in [2.45, 2.75) is 82.5 Å². The number of aliphatic hydroxyl groups excluding tert-OH is 1. The standard InChI is InChI=1S/C17H26ClNO3S.C15H15ClFN3O3S2/c1-4-14(19-22-8-6-7-18)17-15(20)10-13(11-16(17)21)9-12(3)23-5-2;1-23-13(21)8-24-12-7-11(10(17)6-9(12)16)18-14-19-4-2-3-5-20(19)15(22)25-14/h6-7,12-13,20H,4-5,8-11H2,1-3H3;6-7H,2-5,8H2,1H3/b7-6+,19-14+;18-14-. The summed E-state index contributed by atoms with van der Waals surface area (Å²) in [5, 5.41) is 15.0. The first-order valence-corrected chi connectivity index (χ1v) is 19.2. The quantitative estimate of drug-likeness (QED) is 0.0726. The highest BCUT2D eigenvalue weighted by Gasteiger charge is 2.31. The van der Waals surface area contributed by atoms with Crippen LogP contribution in [0.5, 0.6) is 0 Å². The van der Waals surface area contributed by atoms with E-state index >= 15 is 0 Å². The Labute approximate surface area is 302 Å².